The molecule has 44 heavy (non-hydrogen) atoms. The molecule has 5 rings (SSSR count). The minimum atomic E-state index is -1.58. The van der Waals surface area contributed by atoms with E-state index in [0.29, 0.717) is 17.0 Å². The smallest absolute Gasteiger partial charge is 0.394 e. The van der Waals surface area contributed by atoms with Crippen molar-refractivity contribution >= 4 is 40.2 Å². The van der Waals surface area contributed by atoms with Crippen LogP contribution in [0.5, 0.6) is 5.75 Å². The van der Waals surface area contributed by atoms with Crippen LogP contribution in [0.4, 0.5) is 5.69 Å². The lowest BCUT2D eigenvalue weighted by Gasteiger charge is -2.23. The van der Waals surface area contributed by atoms with E-state index in [-0.39, 0.29) is 18.7 Å². The molecule has 0 fully saturated rings. The van der Waals surface area contributed by atoms with Crippen LogP contribution in [0, 0.1) is 0 Å². The van der Waals surface area contributed by atoms with Gasteiger partial charge >= 0.3 is 17.8 Å². The van der Waals surface area contributed by atoms with Crippen LogP contribution in [-0.2, 0) is 27.5 Å². The van der Waals surface area contributed by atoms with E-state index in [9.17, 15) is 29.4 Å². The summed E-state index contributed by atoms with van der Waals surface area (Å²) in [5.41, 5.74) is 3.30. The number of nitrogens with one attached hydrogen (secondary N) is 1. The van der Waals surface area contributed by atoms with Crippen molar-refractivity contribution in [1.82, 2.24) is 4.90 Å². The van der Waals surface area contributed by atoms with Crippen molar-refractivity contribution in [3.05, 3.63) is 132 Å². The lowest BCUT2D eigenvalue weighted by molar-refractivity contribution is -0.156. The number of carboxylic acids is 2. The molecular formula is C35H28N2O7. The fourth-order valence-corrected chi connectivity index (χ4v) is 4.88. The molecule has 3 N–H and O–H groups in total. The molecule has 5 aromatic carbocycles. The van der Waals surface area contributed by atoms with Crippen LogP contribution in [0.3, 0.4) is 0 Å². The minimum absolute atomic E-state index is 0.0235. The van der Waals surface area contributed by atoms with Crippen LogP contribution < -0.4 is 10.1 Å². The van der Waals surface area contributed by atoms with Crippen molar-refractivity contribution in [3.8, 4) is 16.9 Å². The number of aliphatic carboxylic acids is 1. The molecule has 0 saturated carbocycles. The van der Waals surface area contributed by atoms with Gasteiger partial charge in [-0.2, -0.15) is 0 Å². The SMILES string of the molecule is O=C(COc1cc(-c2cccc3ccccc23)ccc1CN(Cc1ccccc1)C(=O)C(=O)O)Nc1cccc(C(=O)O)c1. The average molecular weight is 589 g/mol. The number of carbonyl (C=O) groups is 4. The van der Waals surface area contributed by atoms with Crippen LogP contribution in [-0.4, -0.2) is 45.5 Å². The highest BCUT2D eigenvalue weighted by atomic mass is 16.5. The third kappa shape index (κ3) is 7.08. The van der Waals surface area contributed by atoms with Gasteiger partial charge in [-0.1, -0.05) is 91.0 Å². The Labute approximate surface area is 252 Å². The van der Waals surface area contributed by atoms with E-state index < -0.39 is 30.4 Å². The molecule has 0 atom stereocenters. The Morgan fingerprint density at radius 3 is 2.23 bits per heavy atom. The summed E-state index contributed by atoms with van der Waals surface area (Å²) >= 11 is 0. The fraction of sp³-hybridized carbons (Fsp3) is 0.0857. The first kappa shape index (κ1) is 29.5. The summed E-state index contributed by atoms with van der Waals surface area (Å²) in [6, 6.07) is 34.1. The Morgan fingerprint density at radius 2 is 1.45 bits per heavy atom. The van der Waals surface area contributed by atoms with E-state index in [1.807, 2.05) is 54.6 Å². The number of aromatic carboxylic acids is 1. The van der Waals surface area contributed by atoms with E-state index in [0.717, 1.165) is 27.5 Å². The molecule has 0 bridgehead atoms. The lowest BCUT2D eigenvalue weighted by atomic mass is 9.97. The largest absolute Gasteiger partial charge is 0.483 e. The summed E-state index contributed by atoms with van der Waals surface area (Å²) in [7, 11) is 0. The molecule has 9 nitrogen and oxygen atoms in total. The molecule has 0 radical (unpaired) electrons. The normalized spacial score (nSPS) is 10.6. The number of carbonyl (C=O) groups excluding carboxylic acids is 2. The number of fused-ring (bicyclic) bond motifs is 1. The molecule has 0 aromatic heterocycles. The number of ether oxygens (including phenoxy) is 1. The number of hydrogen-bond donors (Lipinski definition) is 3. The quantitative estimate of drug-likeness (QED) is 0.175. The van der Waals surface area contributed by atoms with Gasteiger partial charge in [0.2, 0.25) is 0 Å². The molecule has 0 aliphatic rings. The van der Waals surface area contributed by atoms with Crippen LogP contribution >= 0.6 is 0 Å². The summed E-state index contributed by atoms with van der Waals surface area (Å²) in [6.45, 7) is -0.459. The molecule has 0 heterocycles. The van der Waals surface area contributed by atoms with E-state index in [2.05, 4.69) is 5.32 Å². The Balaban J connectivity index is 1.46. The van der Waals surface area contributed by atoms with Crippen molar-refractivity contribution < 1.29 is 34.1 Å². The van der Waals surface area contributed by atoms with Gasteiger partial charge in [0.05, 0.1) is 12.1 Å². The Morgan fingerprint density at radius 1 is 0.727 bits per heavy atom. The number of carboxylic acid groups (broad SMARTS) is 2. The molecule has 9 heteroatoms. The molecule has 220 valence electrons. The first-order chi connectivity index (χ1) is 21.3. The first-order valence-electron chi connectivity index (χ1n) is 13.7. The van der Waals surface area contributed by atoms with E-state index in [1.54, 1.807) is 42.5 Å². The topological polar surface area (TPSA) is 133 Å². The zero-order valence-electron chi connectivity index (χ0n) is 23.5. The third-order valence-corrected chi connectivity index (χ3v) is 6.97. The molecule has 0 saturated heterocycles. The second-order valence-electron chi connectivity index (χ2n) is 10.0. The van der Waals surface area contributed by atoms with Crippen molar-refractivity contribution in [2.24, 2.45) is 0 Å². The van der Waals surface area contributed by atoms with Crippen molar-refractivity contribution in [2.45, 2.75) is 13.1 Å². The predicted octanol–water partition coefficient (Wildman–Crippen LogP) is 5.84. The van der Waals surface area contributed by atoms with Crippen LogP contribution in [0.25, 0.3) is 21.9 Å². The maximum Gasteiger partial charge on any atom is 0.394 e. The monoisotopic (exact) mass is 588 g/mol. The molecule has 0 unspecified atom stereocenters. The lowest BCUT2D eigenvalue weighted by Crippen LogP contribution is -2.35. The summed E-state index contributed by atoms with van der Waals surface area (Å²) in [5, 5.41) is 23.5. The van der Waals surface area contributed by atoms with Crippen LogP contribution in [0.15, 0.2) is 115 Å². The van der Waals surface area contributed by atoms with E-state index >= 15 is 0 Å². The molecule has 0 aliphatic carbocycles. The summed E-state index contributed by atoms with van der Waals surface area (Å²) < 4.78 is 6.00. The van der Waals surface area contributed by atoms with Crippen molar-refractivity contribution in [1.29, 1.82) is 0 Å². The molecule has 0 aliphatic heterocycles. The molecule has 5 aromatic rings. The summed E-state index contributed by atoms with van der Waals surface area (Å²) in [4.78, 5) is 49.8. The third-order valence-electron chi connectivity index (χ3n) is 6.97. The Hall–Kier alpha value is -5.96. The number of amides is 2. The predicted molar refractivity (Wildman–Crippen MR) is 165 cm³/mol. The zero-order valence-corrected chi connectivity index (χ0v) is 23.5. The highest BCUT2D eigenvalue weighted by molar-refractivity contribution is 6.31. The van der Waals surface area contributed by atoms with Gasteiger partial charge in [-0.25, -0.2) is 9.59 Å². The zero-order chi connectivity index (χ0) is 31.1. The van der Waals surface area contributed by atoms with Gasteiger partial charge in [-0.05, 0) is 51.7 Å². The number of rotatable bonds is 10. The number of nitrogens with zero attached hydrogens (tertiary/aromatic N) is 1. The van der Waals surface area contributed by atoms with Gasteiger partial charge in [-0.3, -0.25) is 9.59 Å². The minimum Gasteiger partial charge on any atom is -0.483 e. The van der Waals surface area contributed by atoms with Gasteiger partial charge in [0.25, 0.3) is 5.91 Å². The molecule has 0 spiro atoms. The maximum atomic E-state index is 12.8. The van der Waals surface area contributed by atoms with Crippen molar-refractivity contribution in [2.75, 3.05) is 11.9 Å². The first-order valence-corrected chi connectivity index (χ1v) is 13.7. The Kier molecular flexibility index (Phi) is 8.96. The maximum absolute atomic E-state index is 12.8. The van der Waals surface area contributed by atoms with Crippen LogP contribution in [0.2, 0.25) is 0 Å². The van der Waals surface area contributed by atoms with Gasteiger partial charge < -0.3 is 25.2 Å². The Bertz CT molecular complexity index is 1850. The highest BCUT2D eigenvalue weighted by Gasteiger charge is 2.23. The van der Waals surface area contributed by atoms with E-state index in [1.165, 1.54) is 23.1 Å². The summed E-state index contributed by atoms with van der Waals surface area (Å²) in [5.74, 6) is -4.02. The fourth-order valence-electron chi connectivity index (χ4n) is 4.88. The summed E-state index contributed by atoms with van der Waals surface area (Å²) in [6.07, 6.45) is 0. The van der Waals surface area contributed by atoms with Gasteiger partial charge in [-0.15, -0.1) is 0 Å². The van der Waals surface area contributed by atoms with Crippen LogP contribution in [0.1, 0.15) is 21.5 Å². The standard InChI is InChI=1S/C35H28N2O7/c38-32(36-28-13-6-12-26(18-28)34(40)41)22-44-31-19-25(30-15-7-11-24-10-4-5-14-29(24)30)16-17-27(31)21-37(33(39)35(42)43)20-23-8-2-1-3-9-23/h1-19H,20-22H2,(H,36,38)(H,40,41)(H,42,43). The molecular weight excluding hydrogens is 560 g/mol. The number of anilines is 1. The number of hydrogen-bond acceptors (Lipinski definition) is 5. The molecule has 2 amide bonds. The van der Waals surface area contributed by atoms with Gasteiger partial charge in [0, 0.05) is 17.8 Å². The highest BCUT2D eigenvalue weighted by Crippen LogP contribution is 2.33. The second kappa shape index (κ2) is 13.3. The average Bonchev–Trinajstić information content (AvgIpc) is 3.04. The second-order valence-corrected chi connectivity index (χ2v) is 10.0. The van der Waals surface area contributed by atoms with E-state index in [4.69, 9.17) is 4.74 Å². The van der Waals surface area contributed by atoms with Gasteiger partial charge in [0.1, 0.15) is 5.75 Å². The number of benzene rings is 5. The van der Waals surface area contributed by atoms with Crippen molar-refractivity contribution in [3.63, 3.8) is 0 Å². The van der Waals surface area contributed by atoms with Gasteiger partial charge in [0.15, 0.2) is 6.61 Å².